The van der Waals surface area contributed by atoms with E-state index >= 15 is 0 Å². The molecule has 0 radical (unpaired) electrons. The molecule has 3 unspecified atom stereocenters. The molecule has 0 aromatic heterocycles. The minimum atomic E-state index is -3.33. The maximum atomic E-state index is 14.0. The van der Waals surface area contributed by atoms with Crippen molar-refractivity contribution in [3.63, 3.8) is 0 Å². The molecule has 3 heterocycles. The number of ether oxygens (including phenoxy) is 3. The van der Waals surface area contributed by atoms with Gasteiger partial charge in [0.05, 0.1) is 24.6 Å². The normalized spacial score (nSPS) is 17.7. The third-order valence-corrected chi connectivity index (χ3v) is 12.1. The number of carboxylic acids is 1. The zero-order valence-corrected chi connectivity index (χ0v) is 36.3. The van der Waals surface area contributed by atoms with Gasteiger partial charge in [-0.1, -0.05) is 60.7 Å². The number of carboxylic acid groups (broad SMARTS) is 1. The van der Waals surface area contributed by atoms with E-state index in [0.29, 0.717) is 57.4 Å². The van der Waals surface area contributed by atoms with E-state index in [1.807, 2.05) is 18.2 Å². The molecule has 0 saturated heterocycles. The first-order chi connectivity index (χ1) is 31.4. The van der Waals surface area contributed by atoms with Crippen molar-refractivity contribution in [2.24, 2.45) is 0 Å². The Bertz CT molecular complexity index is 2810. The second-order valence-electron chi connectivity index (χ2n) is 15.2. The predicted octanol–water partition coefficient (Wildman–Crippen LogP) is 5.63. The van der Waals surface area contributed by atoms with Crippen molar-refractivity contribution in [1.82, 2.24) is 4.90 Å². The number of hydrogen-bond acceptors (Lipinski definition) is 11. The fourth-order valence-corrected chi connectivity index (χ4v) is 8.91. The average Bonchev–Trinajstić information content (AvgIpc) is 4.00. The maximum Gasteiger partial charge on any atom is 0.373 e. The number of anilines is 2. The van der Waals surface area contributed by atoms with Crippen LogP contribution in [0.15, 0.2) is 103 Å². The molecule has 4 atom stereocenters. The number of rotatable bonds is 17. The topological polar surface area (TPSA) is 213 Å². The van der Waals surface area contributed by atoms with Gasteiger partial charge in [-0.3, -0.25) is 14.4 Å². The summed E-state index contributed by atoms with van der Waals surface area (Å²) in [5.74, 6) is -2.05. The van der Waals surface area contributed by atoms with Crippen LogP contribution in [0.1, 0.15) is 28.2 Å². The summed E-state index contributed by atoms with van der Waals surface area (Å²) >= 11 is 6.43. The van der Waals surface area contributed by atoms with Gasteiger partial charge in [-0.25, -0.2) is 9.36 Å². The van der Waals surface area contributed by atoms with E-state index in [2.05, 4.69) is 0 Å². The number of alkyl halides is 1. The third-order valence-electron chi connectivity index (χ3n) is 11.3. The highest BCUT2D eigenvalue weighted by Crippen LogP contribution is 2.46. The van der Waals surface area contributed by atoms with Crippen LogP contribution in [0.25, 0.3) is 33.7 Å². The summed E-state index contributed by atoms with van der Waals surface area (Å²) in [5, 5.41) is 32.1. The van der Waals surface area contributed by atoms with Crippen molar-refractivity contribution >= 4 is 88.6 Å². The van der Waals surface area contributed by atoms with Gasteiger partial charge in [0.25, 0.3) is 18.1 Å². The highest BCUT2D eigenvalue weighted by molar-refractivity contribution is 7.32. The first-order valence-corrected chi connectivity index (χ1v) is 22.4. The molecule has 0 saturated carbocycles. The monoisotopic (exact) mass is 923 g/mol. The largest absolute Gasteiger partial charge is 0.491 e. The molecule has 0 bridgehead atoms. The molecule has 0 spiro atoms. The van der Waals surface area contributed by atoms with E-state index in [0.717, 1.165) is 16.5 Å². The van der Waals surface area contributed by atoms with Gasteiger partial charge in [-0.05, 0) is 58.2 Å². The SMILES string of the molecule is O=C(O)C(O)Oc1cc2c(c3ccccc13)[C@H](CCl)CN2C(=O)/C=C/c1ccc(/C=C/C(=O)N2CCc3c2cc(O[PH](=O)O)c2ccccc32)c(OCCOCCN2C(=O)C=CC2O)c1. The molecule has 3 aliphatic heterocycles. The fraction of sp³-hybridized carbons (Fsp3) is 0.234. The van der Waals surface area contributed by atoms with Crippen molar-refractivity contribution in [3.05, 3.63) is 125 Å². The molecule has 0 aliphatic carbocycles. The summed E-state index contributed by atoms with van der Waals surface area (Å²) in [7, 11) is -3.33. The zero-order chi connectivity index (χ0) is 45.8. The number of nitrogens with zero attached hydrogens (tertiary/aromatic N) is 3. The first-order valence-electron chi connectivity index (χ1n) is 20.6. The lowest BCUT2D eigenvalue weighted by Crippen LogP contribution is -2.36. The predicted molar refractivity (Wildman–Crippen MR) is 244 cm³/mol. The molecule has 18 heteroatoms. The Morgan fingerprint density at radius 1 is 0.846 bits per heavy atom. The van der Waals surface area contributed by atoms with Gasteiger partial charge in [-0.15, -0.1) is 11.6 Å². The molecule has 0 fully saturated rings. The van der Waals surface area contributed by atoms with Crippen LogP contribution in [-0.2, 0) is 34.9 Å². The summed E-state index contributed by atoms with van der Waals surface area (Å²) in [6.45, 7) is 1.10. The molecule has 5 aromatic carbocycles. The van der Waals surface area contributed by atoms with E-state index < -0.39 is 32.6 Å². The number of carbonyl (C=O) groups is 4. The van der Waals surface area contributed by atoms with Crippen LogP contribution in [0.2, 0.25) is 0 Å². The summed E-state index contributed by atoms with van der Waals surface area (Å²) in [5.41, 5.74) is 3.84. The van der Waals surface area contributed by atoms with Crippen molar-refractivity contribution in [2.75, 3.05) is 55.1 Å². The molecule has 8 rings (SSSR count). The van der Waals surface area contributed by atoms with E-state index in [1.165, 1.54) is 40.2 Å². The first kappa shape index (κ1) is 45.1. The quantitative estimate of drug-likeness (QED) is 0.0293. The molecule has 16 nitrogen and oxygen atoms in total. The number of aliphatic carboxylic acids is 1. The summed E-state index contributed by atoms with van der Waals surface area (Å²) in [6.07, 6.45) is 6.09. The lowest BCUT2D eigenvalue weighted by Gasteiger charge is -2.20. The van der Waals surface area contributed by atoms with Gasteiger partial charge < -0.3 is 53.6 Å². The average molecular weight is 924 g/mol. The number of carbonyl (C=O) groups excluding carboxylic acids is 3. The Morgan fingerprint density at radius 3 is 2.25 bits per heavy atom. The molecule has 336 valence electrons. The molecule has 65 heavy (non-hydrogen) atoms. The molecular formula is C47H43ClN3O13P. The Labute approximate surface area is 377 Å². The lowest BCUT2D eigenvalue weighted by atomic mass is 9.95. The molecule has 3 amide bonds. The maximum absolute atomic E-state index is 14.0. The van der Waals surface area contributed by atoms with Crippen LogP contribution < -0.4 is 23.8 Å². The zero-order valence-electron chi connectivity index (χ0n) is 34.5. The summed E-state index contributed by atoms with van der Waals surface area (Å²) in [6, 6.07) is 22.8. The second-order valence-corrected chi connectivity index (χ2v) is 16.3. The van der Waals surface area contributed by atoms with Gasteiger partial charge in [-0.2, -0.15) is 0 Å². The molecule has 5 aromatic rings. The minimum absolute atomic E-state index is 0.0678. The van der Waals surface area contributed by atoms with Gasteiger partial charge in [0.1, 0.15) is 30.1 Å². The van der Waals surface area contributed by atoms with Crippen molar-refractivity contribution in [2.45, 2.75) is 24.9 Å². The standard InChI is InChI=1S/C47H43ClN3O13P/c48-26-30-27-51(37-25-39(63-47(58)46(56)57)34-7-3-4-8-35(34)45(30)37)44(55)13-10-28-9-11-29(38(23-28)62-22-21-61-20-19-50-42(53)15-16-43(50)54)12-14-41(52)49-18-17-32-31-5-1-2-6-33(31)40(24-36(32)49)64-65(59)60/h1-16,23-25,30,42,47,53,58,65H,17-22,26-27H2,(H,56,57)(H,59,60)/b13-10+,14-12+/t30-,42?,47?/m1/s1. The number of aliphatic hydroxyl groups is 2. The Kier molecular flexibility index (Phi) is 13.7. The number of hydrogen-bond donors (Lipinski definition) is 4. The minimum Gasteiger partial charge on any atom is -0.491 e. The van der Waals surface area contributed by atoms with Crippen LogP contribution >= 0.6 is 19.9 Å². The molecular weight excluding hydrogens is 881 g/mol. The van der Waals surface area contributed by atoms with Crippen LogP contribution in [-0.4, -0.2) is 107 Å². The number of fused-ring (bicyclic) bond motifs is 6. The Hall–Kier alpha value is -6.52. The Balaban J connectivity index is 1.03. The van der Waals surface area contributed by atoms with E-state index in [4.69, 9.17) is 30.3 Å². The van der Waals surface area contributed by atoms with Crippen molar-refractivity contribution in [3.8, 4) is 17.2 Å². The smallest absolute Gasteiger partial charge is 0.373 e. The van der Waals surface area contributed by atoms with Crippen LogP contribution in [0, 0.1) is 0 Å². The van der Waals surface area contributed by atoms with Gasteiger partial charge >= 0.3 is 14.2 Å². The van der Waals surface area contributed by atoms with Crippen LogP contribution in [0.4, 0.5) is 11.4 Å². The van der Waals surface area contributed by atoms with E-state index in [-0.39, 0.29) is 68.0 Å². The third kappa shape index (κ3) is 9.64. The van der Waals surface area contributed by atoms with Gasteiger partial charge in [0, 0.05) is 78.1 Å². The number of benzene rings is 5. The molecule has 4 N–H and O–H groups in total. The van der Waals surface area contributed by atoms with Crippen molar-refractivity contribution in [1.29, 1.82) is 0 Å². The van der Waals surface area contributed by atoms with Crippen LogP contribution in [0.5, 0.6) is 17.2 Å². The fourth-order valence-electron chi connectivity index (χ4n) is 8.30. The lowest BCUT2D eigenvalue weighted by molar-refractivity contribution is -0.161. The van der Waals surface area contributed by atoms with E-state index in [9.17, 15) is 44.0 Å². The number of amides is 3. The van der Waals surface area contributed by atoms with Crippen molar-refractivity contribution < 1.29 is 62.7 Å². The summed E-state index contributed by atoms with van der Waals surface area (Å²) < 4.78 is 34.3. The van der Waals surface area contributed by atoms with Gasteiger partial charge in [0.2, 0.25) is 5.91 Å². The summed E-state index contributed by atoms with van der Waals surface area (Å²) in [4.78, 5) is 65.1. The molecule has 3 aliphatic rings. The number of halogens is 1. The van der Waals surface area contributed by atoms with Gasteiger partial charge in [0.15, 0.2) is 0 Å². The number of aliphatic hydroxyl groups excluding tert-OH is 2. The Morgan fingerprint density at radius 2 is 1.54 bits per heavy atom. The van der Waals surface area contributed by atoms with Crippen LogP contribution in [0.3, 0.4) is 0 Å². The van der Waals surface area contributed by atoms with E-state index in [1.54, 1.807) is 71.6 Å². The highest BCUT2D eigenvalue weighted by atomic mass is 35.5. The highest BCUT2D eigenvalue weighted by Gasteiger charge is 2.35. The second kappa shape index (κ2) is 19.7.